The zero-order valence-corrected chi connectivity index (χ0v) is 15.0. The van der Waals surface area contributed by atoms with Gasteiger partial charge in [-0.25, -0.2) is 5.43 Å². The van der Waals surface area contributed by atoms with Crippen molar-refractivity contribution in [1.82, 2.24) is 5.43 Å². The number of methoxy groups -OCH3 is 1. The second-order valence-corrected chi connectivity index (χ2v) is 6.03. The van der Waals surface area contributed by atoms with Crippen LogP contribution in [-0.2, 0) is 0 Å². The molecule has 6 heteroatoms. The lowest BCUT2D eigenvalue weighted by Gasteiger charge is -2.12. The molecule has 0 unspecified atom stereocenters. The number of hydrazone groups is 1. The van der Waals surface area contributed by atoms with E-state index in [1.54, 1.807) is 26.3 Å². The summed E-state index contributed by atoms with van der Waals surface area (Å²) < 4.78 is 16.2. The molecule has 0 saturated carbocycles. The van der Waals surface area contributed by atoms with Crippen molar-refractivity contribution in [1.29, 1.82) is 0 Å². The van der Waals surface area contributed by atoms with Crippen LogP contribution in [0.1, 0.15) is 41.9 Å². The Morgan fingerprint density at radius 1 is 1.32 bits per heavy atom. The van der Waals surface area contributed by atoms with Gasteiger partial charge in [0.05, 0.1) is 31.8 Å². The molecule has 2 rings (SSSR count). The van der Waals surface area contributed by atoms with E-state index in [1.165, 1.54) is 6.26 Å². The molecule has 25 heavy (non-hydrogen) atoms. The molecule has 0 atom stereocenters. The van der Waals surface area contributed by atoms with Gasteiger partial charge in [-0.1, -0.05) is 13.8 Å². The van der Waals surface area contributed by atoms with Gasteiger partial charge in [-0.05, 0) is 49.1 Å². The van der Waals surface area contributed by atoms with Crippen molar-refractivity contribution >= 4 is 12.1 Å². The van der Waals surface area contributed by atoms with Crippen molar-refractivity contribution in [3.63, 3.8) is 0 Å². The molecule has 1 N–H and O–H groups in total. The Morgan fingerprint density at radius 3 is 2.76 bits per heavy atom. The molecule has 0 bridgehead atoms. The van der Waals surface area contributed by atoms with Crippen molar-refractivity contribution in [3.05, 3.63) is 47.4 Å². The Labute approximate surface area is 147 Å². The lowest BCUT2D eigenvalue weighted by molar-refractivity contribution is 0.0953. The quantitative estimate of drug-likeness (QED) is 0.584. The Kier molecular flexibility index (Phi) is 6.62. The topological polar surface area (TPSA) is 73.1 Å². The van der Waals surface area contributed by atoms with Crippen LogP contribution in [0.15, 0.2) is 40.0 Å². The van der Waals surface area contributed by atoms with Crippen molar-refractivity contribution in [2.24, 2.45) is 11.0 Å². The second-order valence-electron chi connectivity index (χ2n) is 6.03. The van der Waals surface area contributed by atoms with E-state index < -0.39 is 0 Å². The zero-order valence-electron chi connectivity index (χ0n) is 15.0. The third kappa shape index (κ3) is 5.38. The number of amides is 1. The number of hydrogen-bond donors (Lipinski definition) is 1. The van der Waals surface area contributed by atoms with Crippen LogP contribution in [0.5, 0.6) is 11.5 Å². The summed E-state index contributed by atoms with van der Waals surface area (Å²) >= 11 is 0. The fourth-order valence-corrected chi connectivity index (χ4v) is 2.13. The smallest absolute Gasteiger partial charge is 0.274 e. The van der Waals surface area contributed by atoms with Crippen LogP contribution in [0, 0.1) is 12.8 Å². The molecule has 2 aromatic rings. The molecule has 0 spiro atoms. The Hall–Kier alpha value is -2.76. The van der Waals surface area contributed by atoms with Crippen LogP contribution in [0.25, 0.3) is 0 Å². The van der Waals surface area contributed by atoms with E-state index in [2.05, 4.69) is 24.4 Å². The number of rotatable bonds is 8. The minimum atomic E-state index is -0.317. The fraction of sp³-hybridized carbons (Fsp3) is 0.368. The number of ether oxygens (including phenoxy) is 2. The number of carbonyl (C=O) groups excluding carboxylic acids is 1. The molecule has 1 heterocycles. The maximum absolute atomic E-state index is 11.9. The van der Waals surface area contributed by atoms with E-state index in [0.717, 1.165) is 12.0 Å². The normalized spacial score (nSPS) is 11.1. The van der Waals surface area contributed by atoms with Gasteiger partial charge < -0.3 is 13.9 Å². The van der Waals surface area contributed by atoms with Crippen LogP contribution in [-0.4, -0.2) is 25.8 Å². The minimum Gasteiger partial charge on any atom is -0.493 e. The molecule has 134 valence electrons. The summed E-state index contributed by atoms with van der Waals surface area (Å²) in [6.07, 6.45) is 4.00. The van der Waals surface area contributed by atoms with Crippen LogP contribution in [0.4, 0.5) is 0 Å². The molecule has 0 aliphatic carbocycles. The van der Waals surface area contributed by atoms with Crippen LogP contribution < -0.4 is 14.9 Å². The van der Waals surface area contributed by atoms with Gasteiger partial charge in [0.1, 0.15) is 5.76 Å². The van der Waals surface area contributed by atoms with Gasteiger partial charge in [-0.15, -0.1) is 0 Å². The lowest BCUT2D eigenvalue weighted by atomic mass is 10.1. The lowest BCUT2D eigenvalue weighted by Crippen LogP contribution is -2.17. The Bertz CT molecular complexity index is 735. The highest BCUT2D eigenvalue weighted by Crippen LogP contribution is 2.27. The Balaban J connectivity index is 1.97. The number of furan rings is 1. The number of hydrogen-bond acceptors (Lipinski definition) is 5. The fourth-order valence-electron chi connectivity index (χ4n) is 2.13. The van der Waals surface area contributed by atoms with E-state index in [9.17, 15) is 4.79 Å². The predicted octanol–water partition coefficient (Wildman–Crippen LogP) is 3.79. The summed E-state index contributed by atoms with van der Waals surface area (Å²) in [5.41, 5.74) is 3.72. The third-order valence-corrected chi connectivity index (χ3v) is 3.62. The summed E-state index contributed by atoms with van der Waals surface area (Å²) in [6, 6.07) is 7.10. The first-order valence-electron chi connectivity index (χ1n) is 8.19. The first-order valence-corrected chi connectivity index (χ1v) is 8.19. The minimum absolute atomic E-state index is 0.317. The standard InChI is InChI=1S/C19H24N2O4/c1-13(2)7-9-25-17-6-5-15(11-18(17)23-4)12-20-21-19(22)16-8-10-24-14(16)3/h5-6,8,10-13H,7,9H2,1-4H3,(H,21,22)/b20-12-. The summed E-state index contributed by atoms with van der Waals surface area (Å²) in [5, 5.41) is 3.97. The van der Waals surface area contributed by atoms with Gasteiger partial charge in [0, 0.05) is 0 Å². The molecular formula is C19H24N2O4. The molecule has 0 radical (unpaired) electrons. The van der Waals surface area contributed by atoms with E-state index in [4.69, 9.17) is 13.9 Å². The average Bonchev–Trinajstić information content (AvgIpc) is 3.01. The van der Waals surface area contributed by atoms with Gasteiger partial charge in [0.2, 0.25) is 0 Å². The summed E-state index contributed by atoms with van der Waals surface area (Å²) in [6.45, 7) is 6.67. The molecule has 1 amide bonds. The van der Waals surface area contributed by atoms with E-state index in [-0.39, 0.29) is 5.91 Å². The van der Waals surface area contributed by atoms with Crippen molar-refractivity contribution in [2.75, 3.05) is 13.7 Å². The van der Waals surface area contributed by atoms with Gasteiger partial charge in [0.15, 0.2) is 11.5 Å². The number of benzene rings is 1. The van der Waals surface area contributed by atoms with E-state index in [0.29, 0.717) is 35.3 Å². The van der Waals surface area contributed by atoms with E-state index >= 15 is 0 Å². The maximum atomic E-state index is 11.9. The molecule has 0 aliphatic heterocycles. The molecule has 6 nitrogen and oxygen atoms in total. The first kappa shape index (κ1) is 18.6. The van der Waals surface area contributed by atoms with Gasteiger partial charge in [0.25, 0.3) is 5.91 Å². The SMILES string of the molecule is COc1cc(/C=N\NC(=O)c2ccoc2C)ccc1OCCC(C)C. The second kappa shape index (κ2) is 8.92. The van der Waals surface area contributed by atoms with Crippen molar-refractivity contribution in [3.8, 4) is 11.5 Å². The van der Waals surface area contributed by atoms with Crippen molar-refractivity contribution < 1.29 is 18.7 Å². The van der Waals surface area contributed by atoms with Gasteiger partial charge in [-0.2, -0.15) is 5.10 Å². The molecule has 0 aliphatic rings. The summed E-state index contributed by atoms with van der Waals surface area (Å²) in [5.74, 6) is 2.14. The number of nitrogens with one attached hydrogen (secondary N) is 1. The number of nitrogens with zero attached hydrogens (tertiary/aromatic N) is 1. The number of aryl methyl sites for hydroxylation is 1. The molecule has 1 aromatic heterocycles. The van der Waals surface area contributed by atoms with Crippen LogP contribution in [0.3, 0.4) is 0 Å². The Morgan fingerprint density at radius 2 is 2.12 bits per heavy atom. The third-order valence-electron chi connectivity index (χ3n) is 3.62. The van der Waals surface area contributed by atoms with Crippen LogP contribution in [0.2, 0.25) is 0 Å². The molecule has 0 saturated heterocycles. The number of carbonyl (C=O) groups is 1. The maximum Gasteiger partial charge on any atom is 0.274 e. The van der Waals surface area contributed by atoms with Gasteiger partial charge >= 0.3 is 0 Å². The molecule has 1 aromatic carbocycles. The molecule has 0 fully saturated rings. The highest BCUT2D eigenvalue weighted by Gasteiger charge is 2.10. The summed E-state index contributed by atoms with van der Waals surface area (Å²) in [7, 11) is 1.59. The van der Waals surface area contributed by atoms with E-state index in [1.807, 2.05) is 18.2 Å². The highest BCUT2D eigenvalue weighted by molar-refractivity contribution is 5.95. The van der Waals surface area contributed by atoms with Gasteiger partial charge in [-0.3, -0.25) is 4.79 Å². The predicted molar refractivity (Wildman–Crippen MR) is 96.4 cm³/mol. The van der Waals surface area contributed by atoms with Crippen molar-refractivity contribution in [2.45, 2.75) is 27.2 Å². The molecular weight excluding hydrogens is 320 g/mol. The highest BCUT2D eigenvalue weighted by atomic mass is 16.5. The largest absolute Gasteiger partial charge is 0.493 e. The summed E-state index contributed by atoms with van der Waals surface area (Å²) in [4.78, 5) is 11.9. The zero-order chi connectivity index (χ0) is 18.2. The first-order chi connectivity index (χ1) is 12.0. The average molecular weight is 344 g/mol. The van der Waals surface area contributed by atoms with Crippen LogP contribution >= 0.6 is 0 Å². The monoisotopic (exact) mass is 344 g/mol.